The van der Waals surface area contributed by atoms with E-state index in [0.717, 1.165) is 19.6 Å². The quantitative estimate of drug-likeness (QED) is 0.343. The molecular formula is C16H42O3Si3. The molecule has 0 heterocycles. The molecule has 0 atom stereocenters. The van der Waals surface area contributed by atoms with Crippen LogP contribution in [-0.4, -0.2) is 52.1 Å². The average molecular weight is 367 g/mol. The third-order valence-corrected chi connectivity index (χ3v) is 18.7. The molecule has 0 aliphatic rings. The molecule has 136 valence electrons. The van der Waals surface area contributed by atoms with E-state index in [2.05, 4.69) is 39.3 Å². The Balaban J connectivity index is 0. The Morgan fingerprint density at radius 1 is 0.682 bits per heavy atom. The van der Waals surface area contributed by atoms with Crippen LogP contribution in [0.15, 0.2) is 0 Å². The van der Waals surface area contributed by atoms with Crippen LogP contribution in [0.2, 0.25) is 57.0 Å². The summed E-state index contributed by atoms with van der Waals surface area (Å²) in [5.41, 5.74) is 1.37. The first kappa shape index (κ1) is 24.8. The largest absolute Gasteiger partial charge is 0.456 e. The number of methoxy groups -OCH3 is 2. The van der Waals surface area contributed by atoms with Crippen LogP contribution in [0.25, 0.3) is 0 Å². The van der Waals surface area contributed by atoms with Gasteiger partial charge in [0, 0.05) is 35.5 Å². The molecule has 6 heteroatoms. The monoisotopic (exact) mass is 366 g/mol. The summed E-state index contributed by atoms with van der Waals surface area (Å²) in [7, 11) is -0.671. The van der Waals surface area contributed by atoms with Crippen molar-refractivity contribution in [3.8, 4) is 0 Å². The van der Waals surface area contributed by atoms with Crippen molar-refractivity contribution in [2.75, 3.05) is 27.4 Å². The fourth-order valence-electron chi connectivity index (χ4n) is 3.41. The topological polar surface area (TPSA) is 27.7 Å². The van der Waals surface area contributed by atoms with Gasteiger partial charge in [0.05, 0.1) is 0 Å². The van der Waals surface area contributed by atoms with Crippen LogP contribution in [0, 0.1) is 0 Å². The summed E-state index contributed by atoms with van der Waals surface area (Å²) >= 11 is 0. The summed E-state index contributed by atoms with van der Waals surface area (Å²) in [5.74, 6) is 0. The Morgan fingerprint density at radius 3 is 1.59 bits per heavy atom. The summed E-state index contributed by atoms with van der Waals surface area (Å²) in [6, 6.07) is 2.56. The van der Waals surface area contributed by atoms with Crippen molar-refractivity contribution in [2.45, 2.75) is 77.3 Å². The fraction of sp³-hybridized carbons (Fsp3) is 1.00. The second kappa shape index (κ2) is 11.1. The summed E-state index contributed by atoms with van der Waals surface area (Å²) in [6.07, 6.45) is 2.34. The van der Waals surface area contributed by atoms with Gasteiger partial charge in [-0.1, -0.05) is 26.6 Å². The highest BCUT2D eigenvalue weighted by molar-refractivity contribution is 6.96. The molecule has 0 radical (unpaired) electrons. The van der Waals surface area contributed by atoms with E-state index in [1.807, 2.05) is 0 Å². The number of hydrogen-bond acceptors (Lipinski definition) is 3. The molecule has 0 spiro atoms. The van der Waals surface area contributed by atoms with Gasteiger partial charge in [-0.05, 0) is 50.7 Å². The molecule has 0 bridgehead atoms. The van der Waals surface area contributed by atoms with Gasteiger partial charge < -0.3 is 13.6 Å². The number of ether oxygens (including phenoxy) is 2. The minimum Gasteiger partial charge on any atom is -0.456 e. The minimum atomic E-state index is -1.55. The van der Waals surface area contributed by atoms with E-state index in [1.165, 1.54) is 24.2 Å². The van der Waals surface area contributed by atoms with Gasteiger partial charge in [0.2, 0.25) is 0 Å². The van der Waals surface area contributed by atoms with Gasteiger partial charge in [-0.2, -0.15) is 0 Å². The molecule has 0 amide bonds. The molecule has 0 N–H and O–H groups in total. The summed E-state index contributed by atoms with van der Waals surface area (Å²) < 4.78 is 17.1. The van der Waals surface area contributed by atoms with E-state index >= 15 is 0 Å². The first-order valence-corrected chi connectivity index (χ1v) is 17.9. The van der Waals surface area contributed by atoms with Crippen molar-refractivity contribution in [3.05, 3.63) is 0 Å². The van der Waals surface area contributed by atoms with Crippen LogP contribution in [-0.2, 0) is 13.6 Å². The Hall–Kier alpha value is 0.531. The van der Waals surface area contributed by atoms with Crippen molar-refractivity contribution >= 4 is 24.7 Å². The first-order valence-electron chi connectivity index (χ1n) is 8.22. The van der Waals surface area contributed by atoms with Crippen molar-refractivity contribution in [1.82, 2.24) is 0 Å². The average Bonchev–Trinajstić information content (AvgIpc) is 2.25. The molecule has 3 nitrogen and oxygen atoms in total. The zero-order valence-electron chi connectivity index (χ0n) is 15.7. The van der Waals surface area contributed by atoms with Crippen LogP contribution < -0.4 is 0 Å². The molecule has 0 aromatic rings. The second-order valence-corrected chi connectivity index (χ2v) is 22.8. The molecule has 0 rings (SSSR count). The third kappa shape index (κ3) is 13.0. The predicted octanol–water partition coefficient (Wildman–Crippen LogP) is 5.37. The fourth-order valence-corrected chi connectivity index (χ4v) is 22.8. The highest BCUT2D eigenvalue weighted by Crippen LogP contribution is 2.29. The van der Waals surface area contributed by atoms with E-state index in [9.17, 15) is 0 Å². The van der Waals surface area contributed by atoms with Crippen LogP contribution in [0.1, 0.15) is 20.3 Å². The van der Waals surface area contributed by atoms with Gasteiger partial charge in [0.25, 0.3) is 0 Å². The van der Waals surface area contributed by atoms with E-state index in [-0.39, 0.29) is 7.43 Å². The smallest absolute Gasteiger partial charge is 0.173 e. The molecule has 0 saturated heterocycles. The highest BCUT2D eigenvalue weighted by Gasteiger charge is 2.37. The lowest BCUT2D eigenvalue weighted by Crippen LogP contribution is -2.49. The van der Waals surface area contributed by atoms with Gasteiger partial charge in [-0.3, -0.25) is 0 Å². The minimum absolute atomic E-state index is 0. The number of rotatable bonds is 12. The van der Waals surface area contributed by atoms with Crippen molar-refractivity contribution < 1.29 is 13.6 Å². The van der Waals surface area contributed by atoms with Crippen LogP contribution in [0.3, 0.4) is 0 Å². The molecule has 0 fully saturated rings. The SMILES string of the molecule is C.COCCC[Si](C)(C)C[Si](C)(C)O[Si](C)(C)CCCOC. The molecular weight excluding hydrogens is 324 g/mol. The lowest BCUT2D eigenvalue weighted by molar-refractivity contribution is 0.198. The predicted molar refractivity (Wildman–Crippen MR) is 108 cm³/mol. The van der Waals surface area contributed by atoms with E-state index in [1.54, 1.807) is 14.2 Å². The molecule has 22 heavy (non-hydrogen) atoms. The van der Waals surface area contributed by atoms with E-state index < -0.39 is 24.7 Å². The van der Waals surface area contributed by atoms with Gasteiger partial charge in [-0.25, -0.2) is 0 Å². The standard InChI is InChI=1S/C15H38O3Si3.CH4/c1-16-11-9-13-19(3,4)15-21(7,8)18-20(5,6)14-10-12-17-2;/h9-15H2,1-8H3;1H4. The Kier molecular flexibility index (Phi) is 12.6. The van der Waals surface area contributed by atoms with Crippen molar-refractivity contribution in [2.24, 2.45) is 0 Å². The number of hydrogen-bond donors (Lipinski definition) is 0. The molecule has 0 aliphatic heterocycles. The Morgan fingerprint density at radius 2 is 1.14 bits per heavy atom. The maximum atomic E-state index is 6.74. The maximum absolute atomic E-state index is 6.74. The Labute approximate surface area is 143 Å². The first-order chi connectivity index (χ1) is 9.54. The zero-order chi connectivity index (χ0) is 16.6. The summed E-state index contributed by atoms with van der Waals surface area (Å²) in [4.78, 5) is 0. The Bertz CT molecular complexity index is 256. The van der Waals surface area contributed by atoms with Crippen molar-refractivity contribution in [3.63, 3.8) is 0 Å². The van der Waals surface area contributed by atoms with Crippen LogP contribution in [0.5, 0.6) is 0 Å². The molecule has 0 aromatic heterocycles. The van der Waals surface area contributed by atoms with Crippen LogP contribution >= 0.6 is 0 Å². The summed E-state index contributed by atoms with van der Waals surface area (Å²) in [6.45, 7) is 16.4. The van der Waals surface area contributed by atoms with Gasteiger partial charge in [0.15, 0.2) is 16.6 Å². The van der Waals surface area contributed by atoms with E-state index in [4.69, 9.17) is 13.6 Å². The van der Waals surface area contributed by atoms with Crippen LogP contribution in [0.4, 0.5) is 0 Å². The second-order valence-electron chi connectivity index (χ2n) is 8.16. The lowest BCUT2D eigenvalue weighted by atomic mass is 10.5. The zero-order valence-corrected chi connectivity index (χ0v) is 18.7. The summed E-state index contributed by atoms with van der Waals surface area (Å²) in [5, 5.41) is 0. The molecule has 0 saturated carbocycles. The maximum Gasteiger partial charge on any atom is 0.173 e. The third-order valence-electron chi connectivity index (χ3n) is 3.79. The van der Waals surface area contributed by atoms with Crippen molar-refractivity contribution in [1.29, 1.82) is 0 Å². The highest BCUT2D eigenvalue weighted by atomic mass is 28.4. The normalized spacial score (nSPS) is 13.1. The van der Waals surface area contributed by atoms with Gasteiger partial charge >= 0.3 is 0 Å². The molecule has 0 unspecified atom stereocenters. The van der Waals surface area contributed by atoms with E-state index in [0.29, 0.717) is 0 Å². The lowest BCUT2D eigenvalue weighted by Gasteiger charge is -2.38. The van der Waals surface area contributed by atoms with Gasteiger partial charge in [-0.15, -0.1) is 0 Å². The molecule has 0 aromatic carbocycles. The van der Waals surface area contributed by atoms with Gasteiger partial charge in [0.1, 0.15) is 0 Å². The molecule has 0 aliphatic carbocycles.